The van der Waals surface area contributed by atoms with E-state index in [1.54, 1.807) is 0 Å². The summed E-state index contributed by atoms with van der Waals surface area (Å²) < 4.78 is 0. The van der Waals surface area contributed by atoms with Crippen molar-refractivity contribution in [3.8, 4) is 0 Å². The smallest absolute Gasteiger partial charge is 0.0309 e. The fourth-order valence-corrected chi connectivity index (χ4v) is 4.98. The molecule has 3 aliphatic rings. The second kappa shape index (κ2) is 6.36. The summed E-state index contributed by atoms with van der Waals surface area (Å²) in [5.41, 5.74) is 0.479. The van der Waals surface area contributed by atoms with Gasteiger partial charge in [-0.15, -0.1) is 0 Å². The second-order valence-electron chi connectivity index (χ2n) is 7.83. The number of hydrogen-bond donors (Lipinski definition) is 1. The van der Waals surface area contributed by atoms with Crippen molar-refractivity contribution in [3.63, 3.8) is 0 Å². The number of nitrogens with zero attached hydrogens (tertiary/aromatic N) is 1. The van der Waals surface area contributed by atoms with Gasteiger partial charge in [0.1, 0.15) is 0 Å². The Labute approximate surface area is 125 Å². The van der Waals surface area contributed by atoms with Crippen LogP contribution in [0.5, 0.6) is 0 Å². The van der Waals surface area contributed by atoms with Crippen LogP contribution >= 0.6 is 0 Å². The maximum Gasteiger partial charge on any atom is 0.0309 e. The van der Waals surface area contributed by atoms with Gasteiger partial charge in [-0.3, -0.25) is 4.90 Å². The van der Waals surface area contributed by atoms with Crippen molar-refractivity contribution in [2.24, 2.45) is 5.92 Å². The molecule has 0 aromatic carbocycles. The third-order valence-electron chi connectivity index (χ3n) is 6.50. The highest BCUT2D eigenvalue weighted by Crippen LogP contribution is 2.36. The molecule has 2 nitrogen and oxygen atoms in total. The molecule has 3 rings (SSSR count). The van der Waals surface area contributed by atoms with Crippen molar-refractivity contribution in [2.75, 3.05) is 13.1 Å². The number of rotatable bonds is 2. The summed E-state index contributed by atoms with van der Waals surface area (Å²) in [6.45, 7) is 7.35. The van der Waals surface area contributed by atoms with Crippen LogP contribution in [0.2, 0.25) is 0 Å². The molecule has 1 aliphatic heterocycles. The van der Waals surface area contributed by atoms with E-state index in [4.69, 9.17) is 0 Å². The molecule has 1 unspecified atom stereocenters. The fourth-order valence-electron chi connectivity index (χ4n) is 4.98. The summed E-state index contributed by atoms with van der Waals surface area (Å²) >= 11 is 0. The first-order valence-corrected chi connectivity index (χ1v) is 9.23. The van der Waals surface area contributed by atoms with Gasteiger partial charge in [0.25, 0.3) is 0 Å². The minimum absolute atomic E-state index is 0.479. The Morgan fingerprint density at radius 3 is 2.40 bits per heavy atom. The minimum atomic E-state index is 0.479. The molecule has 0 aromatic heterocycles. The van der Waals surface area contributed by atoms with E-state index in [9.17, 15) is 0 Å². The Kier molecular flexibility index (Phi) is 4.72. The molecular formula is C18H34N2. The van der Waals surface area contributed by atoms with E-state index in [1.807, 2.05) is 0 Å². The zero-order chi connectivity index (χ0) is 14.0. The van der Waals surface area contributed by atoms with E-state index in [1.165, 1.54) is 77.3 Å². The molecule has 0 radical (unpaired) electrons. The summed E-state index contributed by atoms with van der Waals surface area (Å²) in [7, 11) is 0. The maximum atomic E-state index is 3.93. The van der Waals surface area contributed by atoms with Crippen molar-refractivity contribution in [1.29, 1.82) is 0 Å². The van der Waals surface area contributed by atoms with E-state index in [0.717, 1.165) is 18.0 Å². The van der Waals surface area contributed by atoms with Crippen LogP contribution in [0.15, 0.2) is 0 Å². The molecule has 2 aliphatic carbocycles. The van der Waals surface area contributed by atoms with Crippen LogP contribution in [0.4, 0.5) is 0 Å². The summed E-state index contributed by atoms with van der Waals surface area (Å²) in [4.78, 5) is 2.90. The highest BCUT2D eigenvalue weighted by molar-refractivity contribution is 5.00. The summed E-state index contributed by atoms with van der Waals surface area (Å²) in [5.74, 6) is 1.02. The van der Waals surface area contributed by atoms with E-state index in [0.29, 0.717) is 5.54 Å². The van der Waals surface area contributed by atoms with Crippen LogP contribution < -0.4 is 5.32 Å². The molecule has 2 heteroatoms. The van der Waals surface area contributed by atoms with Gasteiger partial charge in [-0.05, 0) is 51.4 Å². The molecule has 1 saturated heterocycles. The van der Waals surface area contributed by atoms with E-state index >= 15 is 0 Å². The van der Waals surface area contributed by atoms with Crippen LogP contribution in [0.1, 0.15) is 78.1 Å². The van der Waals surface area contributed by atoms with Crippen LogP contribution in [0.3, 0.4) is 0 Å². The number of piperazine rings is 1. The Balaban J connectivity index is 1.62. The lowest BCUT2D eigenvalue weighted by Crippen LogP contribution is -2.66. The third kappa shape index (κ3) is 3.06. The second-order valence-corrected chi connectivity index (χ2v) is 7.83. The molecule has 20 heavy (non-hydrogen) atoms. The molecule has 2 saturated carbocycles. The summed E-state index contributed by atoms with van der Waals surface area (Å²) in [5, 5.41) is 3.93. The number of hydrogen-bond acceptors (Lipinski definition) is 2. The van der Waals surface area contributed by atoms with Gasteiger partial charge in [-0.2, -0.15) is 0 Å². The zero-order valence-corrected chi connectivity index (χ0v) is 13.7. The average Bonchev–Trinajstić information content (AvgIpc) is 2.51. The van der Waals surface area contributed by atoms with Gasteiger partial charge in [0.15, 0.2) is 0 Å². The molecule has 0 bridgehead atoms. The molecular weight excluding hydrogens is 244 g/mol. The first-order chi connectivity index (χ1) is 9.72. The van der Waals surface area contributed by atoms with Gasteiger partial charge in [-0.1, -0.05) is 32.6 Å². The zero-order valence-electron chi connectivity index (χ0n) is 13.7. The Morgan fingerprint density at radius 2 is 1.75 bits per heavy atom. The highest BCUT2D eigenvalue weighted by atomic mass is 15.3. The van der Waals surface area contributed by atoms with Crippen molar-refractivity contribution in [2.45, 2.75) is 95.7 Å². The lowest BCUT2D eigenvalue weighted by atomic mass is 9.77. The van der Waals surface area contributed by atoms with Crippen molar-refractivity contribution in [3.05, 3.63) is 0 Å². The Bertz CT molecular complexity index is 301. The summed E-state index contributed by atoms with van der Waals surface area (Å²) in [6.07, 6.45) is 14.4. The SMILES string of the molecule is CCC1CCC(N2CC3(CCCCC3)NCC2C)CC1. The first kappa shape index (κ1) is 14.8. The van der Waals surface area contributed by atoms with Crippen molar-refractivity contribution < 1.29 is 0 Å². The highest BCUT2D eigenvalue weighted by Gasteiger charge is 2.41. The van der Waals surface area contributed by atoms with Gasteiger partial charge in [0.05, 0.1) is 0 Å². The molecule has 1 heterocycles. The Hall–Kier alpha value is -0.0800. The van der Waals surface area contributed by atoms with Gasteiger partial charge in [-0.25, -0.2) is 0 Å². The maximum absolute atomic E-state index is 3.93. The first-order valence-electron chi connectivity index (χ1n) is 9.23. The van der Waals surface area contributed by atoms with Gasteiger partial charge < -0.3 is 5.32 Å². The minimum Gasteiger partial charge on any atom is -0.308 e. The topological polar surface area (TPSA) is 15.3 Å². The van der Waals surface area contributed by atoms with Crippen LogP contribution in [0, 0.1) is 5.92 Å². The Morgan fingerprint density at radius 1 is 1.05 bits per heavy atom. The van der Waals surface area contributed by atoms with Crippen LogP contribution in [-0.4, -0.2) is 35.6 Å². The van der Waals surface area contributed by atoms with Gasteiger partial charge >= 0.3 is 0 Å². The molecule has 3 fully saturated rings. The fraction of sp³-hybridized carbons (Fsp3) is 1.00. The monoisotopic (exact) mass is 278 g/mol. The normalized spacial score (nSPS) is 39.0. The van der Waals surface area contributed by atoms with Gasteiger partial charge in [0, 0.05) is 30.7 Å². The summed E-state index contributed by atoms with van der Waals surface area (Å²) in [6, 6.07) is 1.62. The largest absolute Gasteiger partial charge is 0.308 e. The molecule has 1 spiro atoms. The average molecular weight is 278 g/mol. The predicted octanol–water partition coefficient (Wildman–Crippen LogP) is 3.95. The van der Waals surface area contributed by atoms with Crippen molar-refractivity contribution >= 4 is 0 Å². The van der Waals surface area contributed by atoms with E-state index < -0.39 is 0 Å². The van der Waals surface area contributed by atoms with Crippen LogP contribution in [0.25, 0.3) is 0 Å². The van der Waals surface area contributed by atoms with E-state index in [2.05, 4.69) is 24.1 Å². The molecule has 0 amide bonds. The van der Waals surface area contributed by atoms with E-state index in [-0.39, 0.29) is 0 Å². The standard InChI is InChI=1S/C18H34N2/c1-3-16-7-9-17(10-8-16)20-14-18(19-13-15(20)2)11-5-4-6-12-18/h15-17,19H,3-14H2,1-2H3. The van der Waals surface area contributed by atoms with Crippen LogP contribution in [-0.2, 0) is 0 Å². The molecule has 1 N–H and O–H groups in total. The predicted molar refractivity (Wildman–Crippen MR) is 86.0 cm³/mol. The number of nitrogens with one attached hydrogen (secondary N) is 1. The lowest BCUT2D eigenvalue weighted by molar-refractivity contribution is 0.0133. The molecule has 0 aromatic rings. The molecule has 116 valence electrons. The lowest BCUT2D eigenvalue weighted by Gasteiger charge is -2.52. The van der Waals surface area contributed by atoms with Crippen molar-refractivity contribution in [1.82, 2.24) is 10.2 Å². The molecule has 1 atom stereocenters. The van der Waals surface area contributed by atoms with Gasteiger partial charge in [0.2, 0.25) is 0 Å². The quantitative estimate of drug-likeness (QED) is 0.822. The third-order valence-corrected chi connectivity index (χ3v) is 6.50.